The molecule has 1 fully saturated rings. The van der Waals surface area contributed by atoms with Gasteiger partial charge in [0, 0.05) is 0 Å². The summed E-state index contributed by atoms with van der Waals surface area (Å²) < 4.78 is 41.4. The lowest BCUT2D eigenvalue weighted by Gasteiger charge is -2.48. The van der Waals surface area contributed by atoms with E-state index < -0.39 is 39.0 Å². The quantitative estimate of drug-likeness (QED) is 0.0966. The van der Waals surface area contributed by atoms with Gasteiger partial charge in [-0.1, -0.05) is 163 Å². The normalized spacial score (nSPS) is 21.3. The number of rotatable bonds is 18. The van der Waals surface area contributed by atoms with Crippen molar-refractivity contribution < 1.29 is 28.1 Å². The molecule has 0 spiro atoms. The van der Waals surface area contributed by atoms with Crippen LogP contribution in [0.2, 0.25) is 16.6 Å². The molecule has 1 aliphatic rings. The molecule has 0 radical (unpaired) electrons. The average Bonchev–Trinajstić information content (AvgIpc) is 3.13. The van der Waals surface area contributed by atoms with Crippen LogP contribution in [0.5, 0.6) is 0 Å². The summed E-state index contributed by atoms with van der Waals surface area (Å²) in [7, 11) is -2.24. The summed E-state index contributed by atoms with van der Waals surface area (Å²) in [5, 5.41) is 0. The molecule has 7 heteroatoms. The second kappa shape index (κ2) is 18.9. The van der Waals surface area contributed by atoms with Crippen molar-refractivity contribution in [2.24, 2.45) is 0 Å². The van der Waals surface area contributed by atoms with Crippen LogP contribution < -0.4 is 0 Å². The van der Waals surface area contributed by atoms with E-state index in [1.54, 1.807) is 0 Å². The third kappa shape index (κ3) is 10.0. The molecule has 5 atom stereocenters. The Kier molecular flexibility index (Phi) is 14.4. The standard InChI is InChI=1S/C43H56O6Si/c1-32(2)50(33(3)4,34(5)6)48-31-39-40(44-27-35-19-11-7-12-20-35)41(45-28-36-21-13-8-14-22-36)42(46-29-37-23-15-9-16-24-37)43(49-39)47-30-38-25-17-10-18-26-38/h7-26,32-34,39-43H,27-31H2,1-6H3/t39?,40-,41-,42?,43+/m1/s1. The Morgan fingerprint density at radius 3 is 1.18 bits per heavy atom. The maximum Gasteiger partial charge on any atom is 0.200 e. The third-order valence-electron chi connectivity index (χ3n) is 9.91. The Labute approximate surface area is 301 Å². The Hall–Kier alpha value is -3.14. The van der Waals surface area contributed by atoms with Gasteiger partial charge in [-0.2, -0.15) is 0 Å². The minimum atomic E-state index is -2.24. The number of hydrogen-bond acceptors (Lipinski definition) is 6. The molecule has 0 N–H and O–H groups in total. The van der Waals surface area contributed by atoms with Crippen molar-refractivity contribution in [3.8, 4) is 0 Å². The predicted octanol–water partition coefficient (Wildman–Crippen LogP) is 9.88. The van der Waals surface area contributed by atoms with Gasteiger partial charge in [0.25, 0.3) is 0 Å². The Bertz CT molecular complexity index is 1480. The van der Waals surface area contributed by atoms with E-state index in [2.05, 4.69) is 90.1 Å². The van der Waals surface area contributed by atoms with Gasteiger partial charge < -0.3 is 28.1 Å². The zero-order valence-corrected chi connectivity index (χ0v) is 31.7. The van der Waals surface area contributed by atoms with Crippen molar-refractivity contribution in [2.45, 2.75) is 115 Å². The molecule has 0 aliphatic carbocycles. The predicted molar refractivity (Wildman–Crippen MR) is 202 cm³/mol. The summed E-state index contributed by atoms with van der Waals surface area (Å²) in [5.74, 6) is 0. The van der Waals surface area contributed by atoms with Crippen molar-refractivity contribution in [3.05, 3.63) is 144 Å². The molecule has 6 nitrogen and oxygen atoms in total. The van der Waals surface area contributed by atoms with Gasteiger partial charge >= 0.3 is 0 Å². The molecule has 1 heterocycles. The fraction of sp³-hybridized carbons (Fsp3) is 0.442. The molecule has 268 valence electrons. The molecule has 5 rings (SSSR count). The van der Waals surface area contributed by atoms with Crippen LogP contribution in [0.3, 0.4) is 0 Å². The Morgan fingerprint density at radius 2 is 0.800 bits per heavy atom. The maximum atomic E-state index is 7.20. The van der Waals surface area contributed by atoms with Crippen LogP contribution in [0.25, 0.3) is 0 Å². The topological polar surface area (TPSA) is 55.4 Å². The monoisotopic (exact) mass is 696 g/mol. The first kappa shape index (κ1) is 38.1. The molecule has 0 bridgehead atoms. The maximum absolute atomic E-state index is 7.20. The zero-order chi connectivity index (χ0) is 35.3. The molecule has 0 amide bonds. The second-order valence-electron chi connectivity index (χ2n) is 14.3. The fourth-order valence-electron chi connectivity index (χ4n) is 7.49. The minimum absolute atomic E-state index is 0.369. The summed E-state index contributed by atoms with van der Waals surface area (Å²) in [6, 6.07) is 40.9. The van der Waals surface area contributed by atoms with Crippen molar-refractivity contribution in [3.63, 3.8) is 0 Å². The van der Waals surface area contributed by atoms with Crippen LogP contribution in [0.4, 0.5) is 0 Å². The highest BCUT2D eigenvalue weighted by molar-refractivity contribution is 6.77. The van der Waals surface area contributed by atoms with Gasteiger partial charge in [-0.15, -0.1) is 0 Å². The lowest BCUT2D eigenvalue weighted by atomic mass is 9.97. The lowest BCUT2D eigenvalue weighted by Crippen LogP contribution is -2.62. The van der Waals surface area contributed by atoms with E-state index in [9.17, 15) is 0 Å². The zero-order valence-electron chi connectivity index (χ0n) is 30.7. The van der Waals surface area contributed by atoms with E-state index in [1.165, 1.54) is 0 Å². The molecular formula is C43H56O6Si. The first-order valence-corrected chi connectivity index (χ1v) is 20.3. The Balaban J connectivity index is 1.52. The van der Waals surface area contributed by atoms with E-state index in [-0.39, 0.29) is 0 Å². The van der Waals surface area contributed by atoms with E-state index in [0.29, 0.717) is 49.7 Å². The highest BCUT2D eigenvalue weighted by atomic mass is 28.4. The minimum Gasteiger partial charge on any atom is -0.413 e. The summed E-state index contributed by atoms with van der Waals surface area (Å²) in [6.07, 6.45) is -2.77. The van der Waals surface area contributed by atoms with Gasteiger partial charge in [-0.05, 0) is 38.9 Å². The fourth-order valence-corrected chi connectivity index (χ4v) is 12.9. The second-order valence-corrected chi connectivity index (χ2v) is 19.7. The summed E-state index contributed by atoms with van der Waals surface area (Å²) in [4.78, 5) is 0. The van der Waals surface area contributed by atoms with E-state index in [0.717, 1.165) is 22.3 Å². The average molecular weight is 697 g/mol. The van der Waals surface area contributed by atoms with Gasteiger partial charge in [-0.3, -0.25) is 0 Å². The third-order valence-corrected chi connectivity index (χ3v) is 16.0. The smallest absolute Gasteiger partial charge is 0.200 e. The number of hydrogen-bond donors (Lipinski definition) is 0. The van der Waals surface area contributed by atoms with Crippen LogP contribution in [-0.2, 0) is 54.5 Å². The van der Waals surface area contributed by atoms with E-state index >= 15 is 0 Å². The van der Waals surface area contributed by atoms with E-state index in [4.69, 9.17) is 28.1 Å². The summed E-state index contributed by atoms with van der Waals surface area (Å²) in [5.41, 5.74) is 5.54. The first-order chi connectivity index (χ1) is 24.3. The number of benzene rings is 4. The van der Waals surface area contributed by atoms with Crippen LogP contribution >= 0.6 is 0 Å². The van der Waals surface area contributed by atoms with Gasteiger partial charge in [0.15, 0.2) is 14.6 Å². The summed E-state index contributed by atoms with van der Waals surface area (Å²) in [6.45, 7) is 15.8. The largest absolute Gasteiger partial charge is 0.413 e. The van der Waals surface area contributed by atoms with Crippen molar-refractivity contribution >= 4 is 8.32 Å². The van der Waals surface area contributed by atoms with Gasteiger partial charge in [-0.25, -0.2) is 0 Å². The molecule has 1 saturated heterocycles. The van der Waals surface area contributed by atoms with Gasteiger partial charge in [0.1, 0.15) is 24.4 Å². The SMILES string of the molecule is CC(C)[Si](OCC1O[C@H](OCc2ccccc2)C(OCc2ccccc2)[C@H](OCc2ccccc2)[C@@H]1OCc1ccccc1)(C(C)C)C(C)C. The molecule has 0 saturated carbocycles. The van der Waals surface area contributed by atoms with Crippen LogP contribution in [-0.4, -0.2) is 45.6 Å². The number of ether oxygens (including phenoxy) is 5. The van der Waals surface area contributed by atoms with Crippen LogP contribution in [0, 0.1) is 0 Å². The lowest BCUT2D eigenvalue weighted by molar-refractivity contribution is -0.328. The van der Waals surface area contributed by atoms with Crippen molar-refractivity contribution in [1.82, 2.24) is 0 Å². The van der Waals surface area contributed by atoms with Crippen molar-refractivity contribution in [2.75, 3.05) is 6.61 Å². The molecule has 0 aromatic heterocycles. The molecule has 1 aliphatic heterocycles. The molecule has 2 unspecified atom stereocenters. The highest BCUT2D eigenvalue weighted by Gasteiger charge is 2.51. The molecule has 50 heavy (non-hydrogen) atoms. The summed E-state index contributed by atoms with van der Waals surface area (Å²) >= 11 is 0. The van der Waals surface area contributed by atoms with Crippen LogP contribution in [0.15, 0.2) is 121 Å². The first-order valence-electron chi connectivity index (χ1n) is 18.2. The van der Waals surface area contributed by atoms with Crippen molar-refractivity contribution in [1.29, 1.82) is 0 Å². The molecule has 4 aromatic rings. The van der Waals surface area contributed by atoms with E-state index in [1.807, 2.05) is 72.8 Å². The van der Waals surface area contributed by atoms with Crippen LogP contribution in [0.1, 0.15) is 63.8 Å². The van der Waals surface area contributed by atoms with Gasteiger partial charge in [0.05, 0.1) is 33.0 Å². The Morgan fingerprint density at radius 1 is 0.460 bits per heavy atom. The highest BCUT2D eigenvalue weighted by Crippen LogP contribution is 2.43. The molecule has 4 aromatic carbocycles. The van der Waals surface area contributed by atoms with Gasteiger partial charge in [0.2, 0.25) is 0 Å². The molecular weight excluding hydrogens is 641 g/mol.